The van der Waals surface area contributed by atoms with E-state index in [1.165, 1.54) is 37.0 Å². The van der Waals surface area contributed by atoms with Gasteiger partial charge in [0.15, 0.2) is 5.78 Å². The summed E-state index contributed by atoms with van der Waals surface area (Å²) in [6, 6.07) is 13.7. The van der Waals surface area contributed by atoms with Crippen LogP contribution in [0.25, 0.3) is 0 Å². The number of ketones is 1. The smallest absolute Gasteiger partial charge is 0.339 e. The molecular weight excluding hydrogens is 354 g/mol. The molecule has 0 bridgehead atoms. The van der Waals surface area contributed by atoms with Crippen LogP contribution in [-0.4, -0.2) is 46.5 Å². The van der Waals surface area contributed by atoms with Gasteiger partial charge in [0, 0.05) is 18.0 Å². The summed E-state index contributed by atoms with van der Waals surface area (Å²) in [6.45, 7) is 7.33. The van der Waals surface area contributed by atoms with Crippen LogP contribution in [0.2, 0.25) is 0 Å². The van der Waals surface area contributed by atoms with Gasteiger partial charge in [-0.15, -0.1) is 0 Å². The molecule has 0 amide bonds. The number of piperidine rings is 1. The van der Waals surface area contributed by atoms with E-state index >= 15 is 0 Å². The van der Waals surface area contributed by atoms with Crippen LogP contribution in [0.4, 0.5) is 0 Å². The predicted molar refractivity (Wildman–Crippen MR) is 110 cm³/mol. The highest BCUT2D eigenvalue weighted by atomic mass is 16.4. The molecule has 0 spiro atoms. The fraction of sp³-hybridized carbons (Fsp3) is 0.391. The van der Waals surface area contributed by atoms with Crippen molar-refractivity contribution >= 4 is 11.8 Å². The lowest BCUT2D eigenvalue weighted by molar-refractivity contribution is 0.0693. The lowest BCUT2D eigenvalue weighted by atomic mass is 9.97. The summed E-state index contributed by atoms with van der Waals surface area (Å²) in [7, 11) is 0. The van der Waals surface area contributed by atoms with E-state index in [-0.39, 0.29) is 23.0 Å². The minimum Gasteiger partial charge on any atom is -0.507 e. The first-order valence-corrected chi connectivity index (χ1v) is 9.73. The van der Waals surface area contributed by atoms with Crippen molar-refractivity contribution in [3.8, 4) is 5.75 Å². The van der Waals surface area contributed by atoms with Gasteiger partial charge in [0.1, 0.15) is 11.3 Å². The predicted octanol–water partition coefficient (Wildman–Crippen LogP) is 4.39. The third kappa shape index (κ3) is 6.50. The summed E-state index contributed by atoms with van der Waals surface area (Å²) in [4.78, 5) is 25.0. The van der Waals surface area contributed by atoms with Gasteiger partial charge in [-0.2, -0.15) is 0 Å². The molecule has 1 aliphatic rings. The third-order valence-corrected chi connectivity index (χ3v) is 4.90. The van der Waals surface area contributed by atoms with E-state index in [0.717, 1.165) is 25.2 Å². The minimum absolute atomic E-state index is 0.0671. The maximum absolute atomic E-state index is 12.3. The van der Waals surface area contributed by atoms with Crippen molar-refractivity contribution < 1.29 is 19.8 Å². The molecule has 28 heavy (non-hydrogen) atoms. The summed E-state index contributed by atoms with van der Waals surface area (Å²) in [5, 5.41) is 17.3. The number of para-hydroxylation sites is 1. The molecule has 1 atom stereocenters. The van der Waals surface area contributed by atoms with E-state index in [2.05, 4.69) is 11.8 Å². The number of hydrogen-bond donors (Lipinski definition) is 2. The normalized spacial score (nSPS) is 15.2. The van der Waals surface area contributed by atoms with Gasteiger partial charge in [-0.1, -0.05) is 55.3 Å². The standard InChI is InChI=1S/C16H23NO.C7H6O3/c1-13-6-8-15(9-7-13)16(18)14(2)12-17-10-4-3-5-11-17;8-6-4-2-1-3-5(6)7(9)10/h6-9,14H,3-5,10-12H2,1-2H3;1-4,8H,(H,9,10)/t14-;/m0./s1. The Morgan fingerprint density at radius 3 is 2.14 bits per heavy atom. The number of Topliss-reactive ketones (excluding diaryl/α,β-unsaturated/α-hetero) is 1. The highest BCUT2D eigenvalue weighted by Crippen LogP contribution is 2.15. The van der Waals surface area contributed by atoms with Crippen molar-refractivity contribution in [3.63, 3.8) is 0 Å². The van der Waals surface area contributed by atoms with Gasteiger partial charge in [0.25, 0.3) is 0 Å². The summed E-state index contributed by atoms with van der Waals surface area (Å²) >= 11 is 0. The molecule has 0 unspecified atom stereocenters. The highest BCUT2D eigenvalue weighted by molar-refractivity contribution is 5.97. The Morgan fingerprint density at radius 1 is 1.00 bits per heavy atom. The first-order valence-electron chi connectivity index (χ1n) is 9.73. The number of aryl methyl sites for hydroxylation is 1. The van der Waals surface area contributed by atoms with Crippen LogP contribution in [0.15, 0.2) is 48.5 Å². The van der Waals surface area contributed by atoms with E-state index < -0.39 is 5.97 Å². The molecule has 5 nitrogen and oxygen atoms in total. The number of aromatic carboxylic acids is 1. The molecular formula is C23H29NO4. The summed E-state index contributed by atoms with van der Waals surface area (Å²) in [6.07, 6.45) is 3.91. The molecule has 5 heteroatoms. The van der Waals surface area contributed by atoms with Crippen molar-refractivity contribution in [3.05, 3.63) is 65.2 Å². The first-order chi connectivity index (χ1) is 13.4. The van der Waals surface area contributed by atoms with Crippen molar-refractivity contribution in [2.45, 2.75) is 33.1 Å². The highest BCUT2D eigenvalue weighted by Gasteiger charge is 2.19. The van der Waals surface area contributed by atoms with Crippen molar-refractivity contribution in [1.82, 2.24) is 4.90 Å². The number of carboxylic acids is 1. The molecule has 0 aliphatic carbocycles. The average Bonchev–Trinajstić information content (AvgIpc) is 2.69. The lowest BCUT2D eigenvalue weighted by Gasteiger charge is -2.28. The number of carbonyl (C=O) groups excluding carboxylic acids is 1. The molecule has 1 fully saturated rings. The van der Waals surface area contributed by atoms with Gasteiger partial charge < -0.3 is 15.1 Å². The maximum Gasteiger partial charge on any atom is 0.339 e. The average molecular weight is 383 g/mol. The second kappa shape index (κ2) is 10.6. The number of rotatable bonds is 5. The molecule has 1 heterocycles. The zero-order valence-corrected chi connectivity index (χ0v) is 16.6. The molecule has 2 aromatic rings. The number of aromatic hydroxyl groups is 1. The van der Waals surface area contributed by atoms with Crippen LogP contribution in [-0.2, 0) is 0 Å². The molecule has 0 saturated carbocycles. The summed E-state index contributed by atoms with van der Waals surface area (Å²) in [5.74, 6) is -0.931. The number of carbonyl (C=O) groups is 2. The zero-order valence-electron chi connectivity index (χ0n) is 16.6. The fourth-order valence-electron chi connectivity index (χ4n) is 3.27. The summed E-state index contributed by atoms with van der Waals surface area (Å²) < 4.78 is 0. The molecule has 3 rings (SSSR count). The Kier molecular flexibility index (Phi) is 8.20. The molecule has 2 N–H and O–H groups in total. The second-order valence-corrected chi connectivity index (χ2v) is 7.31. The molecule has 0 radical (unpaired) electrons. The van der Waals surface area contributed by atoms with E-state index in [1.807, 2.05) is 31.2 Å². The van der Waals surface area contributed by atoms with E-state index in [9.17, 15) is 9.59 Å². The van der Waals surface area contributed by atoms with Crippen molar-refractivity contribution in [1.29, 1.82) is 0 Å². The van der Waals surface area contributed by atoms with Gasteiger partial charge in [0.05, 0.1) is 0 Å². The van der Waals surface area contributed by atoms with E-state index in [0.29, 0.717) is 0 Å². The molecule has 0 aromatic heterocycles. The van der Waals surface area contributed by atoms with Gasteiger partial charge in [-0.05, 0) is 45.0 Å². The fourth-order valence-corrected chi connectivity index (χ4v) is 3.27. The van der Waals surface area contributed by atoms with Crippen LogP contribution in [0, 0.1) is 12.8 Å². The van der Waals surface area contributed by atoms with Gasteiger partial charge in [-0.3, -0.25) is 4.79 Å². The van der Waals surface area contributed by atoms with Gasteiger partial charge in [-0.25, -0.2) is 4.79 Å². The number of nitrogens with zero attached hydrogens (tertiary/aromatic N) is 1. The topological polar surface area (TPSA) is 77.8 Å². The third-order valence-electron chi connectivity index (χ3n) is 4.90. The number of benzene rings is 2. The monoisotopic (exact) mass is 383 g/mol. The van der Waals surface area contributed by atoms with Crippen LogP contribution in [0.5, 0.6) is 5.75 Å². The Hall–Kier alpha value is -2.66. The number of phenols is 1. The minimum atomic E-state index is -1.11. The second-order valence-electron chi connectivity index (χ2n) is 7.31. The Balaban J connectivity index is 0.000000237. The van der Waals surface area contributed by atoms with Gasteiger partial charge >= 0.3 is 5.97 Å². The first kappa shape index (κ1) is 21.6. The maximum atomic E-state index is 12.3. The largest absolute Gasteiger partial charge is 0.507 e. The number of hydrogen-bond acceptors (Lipinski definition) is 4. The van der Waals surface area contributed by atoms with Crippen molar-refractivity contribution in [2.24, 2.45) is 5.92 Å². The molecule has 1 aliphatic heterocycles. The Bertz CT molecular complexity index is 779. The Labute approximate surface area is 166 Å². The number of likely N-dealkylation sites (tertiary alicyclic amines) is 1. The Morgan fingerprint density at radius 2 is 1.61 bits per heavy atom. The van der Waals surface area contributed by atoms with E-state index in [4.69, 9.17) is 10.2 Å². The zero-order chi connectivity index (χ0) is 20.5. The molecule has 150 valence electrons. The van der Waals surface area contributed by atoms with Gasteiger partial charge in [0.2, 0.25) is 0 Å². The quantitative estimate of drug-likeness (QED) is 0.749. The SMILES string of the molecule is Cc1ccc(C(=O)[C@@H](C)CN2CCCCC2)cc1.O=C(O)c1ccccc1O. The van der Waals surface area contributed by atoms with Crippen LogP contribution in [0.1, 0.15) is 52.5 Å². The number of carboxylic acid groups (broad SMARTS) is 1. The lowest BCUT2D eigenvalue weighted by Crippen LogP contribution is -2.35. The molecule has 1 saturated heterocycles. The molecule has 2 aromatic carbocycles. The van der Waals surface area contributed by atoms with Crippen LogP contribution >= 0.6 is 0 Å². The summed E-state index contributed by atoms with van der Waals surface area (Å²) in [5.41, 5.74) is 1.99. The van der Waals surface area contributed by atoms with Crippen molar-refractivity contribution in [2.75, 3.05) is 19.6 Å². The van der Waals surface area contributed by atoms with Crippen LogP contribution < -0.4 is 0 Å². The van der Waals surface area contributed by atoms with E-state index in [1.54, 1.807) is 12.1 Å². The van der Waals surface area contributed by atoms with Crippen LogP contribution in [0.3, 0.4) is 0 Å².